The number of hydrogen-bond acceptors (Lipinski definition) is 5. The van der Waals surface area contributed by atoms with Crippen molar-refractivity contribution in [1.82, 2.24) is 19.7 Å². The number of nitrogens with zero attached hydrogens (tertiary/aromatic N) is 6. The largest absolute Gasteiger partial charge is 0.354 e. The van der Waals surface area contributed by atoms with Gasteiger partial charge in [0.2, 0.25) is 0 Å². The molecule has 2 aromatic heterocycles. The first-order chi connectivity index (χ1) is 11.6. The number of amides is 1. The van der Waals surface area contributed by atoms with Crippen LogP contribution in [-0.2, 0) is 7.05 Å². The molecule has 0 N–H and O–H groups in total. The minimum atomic E-state index is -0.0397. The van der Waals surface area contributed by atoms with Gasteiger partial charge in [-0.15, -0.1) is 0 Å². The van der Waals surface area contributed by atoms with Crippen molar-refractivity contribution >= 4 is 11.7 Å². The van der Waals surface area contributed by atoms with Crippen molar-refractivity contribution in [3.63, 3.8) is 0 Å². The van der Waals surface area contributed by atoms with E-state index in [0.29, 0.717) is 36.7 Å². The van der Waals surface area contributed by atoms with Crippen molar-refractivity contribution in [3.8, 4) is 6.07 Å². The SMILES string of the molecule is Cc1cc(C(=O)N2CCCN(c3ncccc3C#N)CC2)nn1C. The van der Waals surface area contributed by atoms with Crippen LogP contribution in [-0.4, -0.2) is 51.8 Å². The lowest BCUT2D eigenvalue weighted by atomic mass is 10.2. The van der Waals surface area contributed by atoms with Gasteiger partial charge in [0.25, 0.3) is 5.91 Å². The summed E-state index contributed by atoms with van der Waals surface area (Å²) in [6.45, 7) is 4.63. The van der Waals surface area contributed by atoms with Crippen LogP contribution in [0.15, 0.2) is 24.4 Å². The molecule has 3 rings (SSSR count). The number of carbonyl (C=O) groups is 1. The van der Waals surface area contributed by atoms with Crippen molar-refractivity contribution in [2.24, 2.45) is 7.05 Å². The average molecular weight is 324 g/mol. The van der Waals surface area contributed by atoms with Gasteiger partial charge in [-0.2, -0.15) is 10.4 Å². The molecule has 1 aliphatic heterocycles. The summed E-state index contributed by atoms with van der Waals surface area (Å²) < 4.78 is 1.71. The van der Waals surface area contributed by atoms with Crippen molar-refractivity contribution < 1.29 is 4.79 Å². The number of hydrogen-bond donors (Lipinski definition) is 0. The van der Waals surface area contributed by atoms with Gasteiger partial charge in [0.05, 0.1) is 5.56 Å². The first-order valence-corrected chi connectivity index (χ1v) is 8.00. The molecule has 0 aromatic carbocycles. The topological polar surface area (TPSA) is 78.1 Å². The van der Waals surface area contributed by atoms with Crippen LogP contribution in [0.5, 0.6) is 0 Å². The lowest BCUT2D eigenvalue weighted by Gasteiger charge is -2.23. The van der Waals surface area contributed by atoms with Crippen molar-refractivity contribution in [1.29, 1.82) is 5.26 Å². The minimum absolute atomic E-state index is 0.0397. The van der Waals surface area contributed by atoms with Crippen LogP contribution < -0.4 is 4.90 Å². The van der Waals surface area contributed by atoms with E-state index in [4.69, 9.17) is 0 Å². The monoisotopic (exact) mass is 324 g/mol. The maximum absolute atomic E-state index is 12.6. The number of aromatic nitrogens is 3. The Hall–Kier alpha value is -2.88. The number of aryl methyl sites for hydroxylation is 2. The van der Waals surface area contributed by atoms with E-state index in [-0.39, 0.29) is 5.91 Å². The Morgan fingerprint density at radius 1 is 1.29 bits per heavy atom. The number of pyridine rings is 1. The number of nitriles is 1. The molecule has 0 radical (unpaired) electrons. The Morgan fingerprint density at radius 2 is 2.12 bits per heavy atom. The molecule has 2 aromatic rings. The Morgan fingerprint density at radius 3 is 2.83 bits per heavy atom. The summed E-state index contributed by atoms with van der Waals surface area (Å²) in [5.74, 6) is 0.657. The van der Waals surface area contributed by atoms with Crippen LogP contribution in [0.25, 0.3) is 0 Å². The summed E-state index contributed by atoms with van der Waals surface area (Å²) in [7, 11) is 1.83. The molecule has 0 saturated carbocycles. The quantitative estimate of drug-likeness (QED) is 0.833. The number of carbonyl (C=O) groups excluding carboxylic acids is 1. The van der Waals surface area contributed by atoms with Crippen LogP contribution in [0.1, 0.15) is 28.2 Å². The fourth-order valence-electron chi connectivity index (χ4n) is 2.90. The zero-order chi connectivity index (χ0) is 17.1. The number of anilines is 1. The summed E-state index contributed by atoms with van der Waals surface area (Å²) >= 11 is 0. The van der Waals surface area contributed by atoms with Gasteiger partial charge in [-0.3, -0.25) is 9.48 Å². The van der Waals surface area contributed by atoms with Crippen LogP contribution in [0.2, 0.25) is 0 Å². The molecule has 0 atom stereocenters. The standard InChI is InChI=1S/C17H20N6O/c1-13-11-15(20-21(13)2)17(24)23-8-4-7-22(9-10-23)16-14(12-18)5-3-6-19-16/h3,5-6,11H,4,7-10H2,1-2H3. The second kappa shape index (κ2) is 6.71. The molecule has 7 heteroatoms. The van der Waals surface area contributed by atoms with Gasteiger partial charge < -0.3 is 9.80 Å². The van der Waals surface area contributed by atoms with Gasteiger partial charge in [0.15, 0.2) is 5.69 Å². The summed E-state index contributed by atoms with van der Waals surface area (Å²) in [5, 5.41) is 13.5. The van der Waals surface area contributed by atoms with Gasteiger partial charge in [-0.25, -0.2) is 4.98 Å². The van der Waals surface area contributed by atoms with E-state index >= 15 is 0 Å². The molecule has 124 valence electrons. The summed E-state index contributed by atoms with van der Waals surface area (Å²) in [4.78, 5) is 20.9. The molecule has 0 unspecified atom stereocenters. The van der Waals surface area contributed by atoms with E-state index in [1.807, 2.05) is 24.9 Å². The Kier molecular flexibility index (Phi) is 4.47. The highest BCUT2D eigenvalue weighted by Gasteiger charge is 2.23. The van der Waals surface area contributed by atoms with E-state index in [9.17, 15) is 10.1 Å². The molecule has 3 heterocycles. The molecule has 0 bridgehead atoms. The predicted molar refractivity (Wildman–Crippen MR) is 89.6 cm³/mol. The first-order valence-electron chi connectivity index (χ1n) is 8.00. The van der Waals surface area contributed by atoms with Crippen LogP contribution in [0.4, 0.5) is 5.82 Å². The average Bonchev–Trinajstić information content (AvgIpc) is 2.80. The Bertz CT molecular complexity index is 771. The fraction of sp³-hybridized carbons (Fsp3) is 0.412. The summed E-state index contributed by atoms with van der Waals surface area (Å²) in [6.07, 6.45) is 2.53. The maximum atomic E-state index is 12.6. The third-order valence-corrected chi connectivity index (χ3v) is 4.32. The van der Waals surface area contributed by atoms with E-state index in [2.05, 4.69) is 21.1 Å². The zero-order valence-electron chi connectivity index (χ0n) is 13.9. The van der Waals surface area contributed by atoms with E-state index in [1.165, 1.54) is 0 Å². The van der Waals surface area contributed by atoms with Crippen molar-refractivity contribution in [3.05, 3.63) is 41.3 Å². The second-order valence-corrected chi connectivity index (χ2v) is 5.91. The maximum Gasteiger partial charge on any atom is 0.274 e. The van der Waals surface area contributed by atoms with Crippen molar-refractivity contribution in [2.75, 3.05) is 31.1 Å². The van der Waals surface area contributed by atoms with Gasteiger partial charge in [-0.05, 0) is 31.5 Å². The van der Waals surface area contributed by atoms with Crippen LogP contribution in [0, 0.1) is 18.3 Å². The Balaban J connectivity index is 1.73. The molecule has 24 heavy (non-hydrogen) atoms. The third-order valence-electron chi connectivity index (χ3n) is 4.32. The minimum Gasteiger partial charge on any atom is -0.354 e. The summed E-state index contributed by atoms with van der Waals surface area (Å²) in [5.41, 5.74) is 2.01. The normalized spacial score (nSPS) is 15.0. The zero-order valence-corrected chi connectivity index (χ0v) is 13.9. The van der Waals surface area contributed by atoms with E-state index < -0.39 is 0 Å². The molecule has 1 amide bonds. The highest BCUT2D eigenvalue weighted by Crippen LogP contribution is 2.19. The van der Waals surface area contributed by atoms with Crippen molar-refractivity contribution in [2.45, 2.75) is 13.3 Å². The molecule has 1 aliphatic rings. The smallest absolute Gasteiger partial charge is 0.274 e. The van der Waals surface area contributed by atoms with Gasteiger partial charge in [0, 0.05) is 45.1 Å². The highest BCUT2D eigenvalue weighted by molar-refractivity contribution is 5.92. The van der Waals surface area contributed by atoms with E-state index in [0.717, 1.165) is 18.7 Å². The first kappa shape index (κ1) is 16.0. The molecular weight excluding hydrogens is 304 g/mol. The molecule has 1 saturated heterocycles. The molecule has 0 spiro atoms. The fourth-order valence-corrected chi connectivity index (χ4v) is 2.90. The second-order valence-electron chi connectivity index (χ2n) is 5.91. The van der Waals surface area contributed by atoms with Gasteiger partial charge in [-0.1, -0.05) is 0 Å². The van der Waals surface area contributed by atoms with Gasteiger partial charge in [0.1, 0.15) is 11.9 Å². The Labute approximate surface area is 141 Å². The van der Waals surface area contributed by atoms with E-state index in [1.54, 1.807) is 23.0 Å². The van der Waals surface area contributed by atoms with Gasteiger partial charge >= 0.3 is 0 Å². The highest BCUT2D eigenvalue weighted by atomic mass is 16.2. The van der Waals surface area contributed by atoms with Crippen LogP contribution >= 0.6 is 0 Å². The molecule has 1 fully saturated rings. The van der Waals surface area contributed by atoms with Crippen LogP contribution in [0.3, 0.4) is 0 Å². The lowest BCUT2D eigenvalue weighted by Crippen LogP contribution is -2.35. The number of rotatable bonds is 2. The third kappa shape index (κ3) is 3.08. The molecule has 0 aliphatic carbocycles. The lowest BCUT2D eigenvalue weighted by molar-refractivity contribution is 0.0760. The molecule has 7 nitrogen and oxygen atoms in total. The molecular formula is C17H20N6O. The summed E-state index contributed by atoms with van der Waals surface area (Å²) in [6, 6.07) is 7.54. The predicted octanol–water partition coefficient (Wildman–Crippen LogP) is 1.35.